The maximum absolute atomic E-state index is 11.9. The minimum atomic E-state index is -0.0977. The number of anilines is 1. The molecule has 1 N–H and O–H groups in total. The summed E-state index contributed by atoms with van der Waals surface area (Å²) in [6, 6.07) is 14.6. The molecule has 0 bridgehead atoms. The normalized spacial score (nSPS) is 10.7. The van der Waals surface area contributed by atoms with Crippen LogP contribution >= 0.6 is 11.6 Å². The third-order valence-electron chi connectivity index (χ3n) is 3.01. The molecule has 106 valence electrons. The maximum Gasteiger partial charge on any atom is 0.224 e. The second-order valence-corrected chi connectivity index (χ2v) is 5.07. The molecule has 0 unspecified atom stereocenters. The minimum absolute atomic E-state index is 0.0977. The van der Waals surface area contributed by atoms with Gasteiger partial charge in [0.25, 0.3) is 0 Å². The first-order chi connectivity index (χ1) is 10.2. The van der Waals surface area contributed by atoms with Crippen molar-refractivity contribution in [1.29, 1.82) is 0 Å². The van der Waals surface area contributed by atoms with Crippen LogP contribution in [0, 0.1) is 0 Å². The van der Waals surface area contributed by atoms with E-state index in [1.165, 1.54) is 0 Å². The molecule has 0 saturated heterocycles. The molecule has 0 spiro atoms. The lowest BCUT2D eigenvalue weighted by Gasteiger charge is -2.04. The van der Waals surface area contributed by atoms with Gasteiger partial charge in [0.05, 0.1) is 0 Å². The number of amides is 1. The van der Waals surface area contributed by atoms with E-state index >= 15 is 0 Å². The summed E-state index contributed by atoms with van der Waals surface area (Å²) in [6.45, 7) is 0. The average molecular weight is 301 g/mol. The number of benzene rings is 2. The van der Waals surface area contributed by atoms with Crippen LogP contribution in [0.25, 0.3) is 11.1 Å². The predicted molar refractivity (Wildman–Crippen MR) is 82.4 cm³/mol. The van der Waals surface area contributed by atoms with Gasteiger partial charge < -0.3 is 9.73 Å². The smallest absolute Gasteiger partial charge is 0.224 e. The second kappa shape index (κ2) is 5.97. The fourth-order valence-corrected chi connectivity index (χ4v) is 2.23. The number of aryl methyl sites for hydroxylation is 1. The van der Waals surface area contributed by atoms with Crippen LogP contribution in [0.2, 0.25) is 5.02 Å². The Hall–Kier alpha value is -2.33. The molecule has 0 aliphatic rings. The number of nitrogens with one attached hydrogen (secondary N) is 1. The van der Waals surface area contributed by atoms with Gasteiger partial charge in [-0.3, -0.25) is 4.79 Å². The molecule has 3 aromatic rings. The summed E-state index contributed by atoms with van der Waals surface area (Å²) in [5, 5.41) is 3.38. The Morgan fingerprint density at radius 1 is 1.19 bits per heavy atom. The molecule has 0 atom stereocenters. The fourth-order valence-electron chi connectivity index (χ4n) is 2.04. The Morgan fingerprint density at radius 3 is 2.86 bits per heavy atom. The Kier molecular flexibility index (Phi) is 3.88. The zero-order valence-corrected chi connectivity index (χ0v) is 11.9. The zero-order chi connectivity index (χ0) is 14.7. The molecule has 1 aromatic heterocycles. The highest BCUT2D eigenvalue weighted by Crippen LogP contribution is 2.17. The molecule has 1 amide bonds. The van der Waals surface area contributed by atoms with Crippen molar-refractivity contribution in [1.82, 2.24) is 4.98 Å². The number of para-hydroxylation sites is 2. The number of hydrogen-bond acceptors (Lipinski definition) is 3. The number of fused-ring (bicyclic) bond motifs is 1. The fraction of sp³-hybridized carbons (Fsp3) is 0.125. The minimum Gasteiger partial charge on any atom is -0.441 e. The van der Waals surface area contributed by atoms with E-state index in [1.807, 2.05) is 24.3 Å². The van der Waals surface area contributed by atoms with Crippen LogP contribution in [0.5, 0.6) is 0 Å². The molecule has 0 saturated carbocycles. The first-order valence-electron chi connectivity index (χ1n) is 6.60. The van der Waals surface area contributed by atoms with Crippen LogP contribution in [0.3, 0.4) is 0 Å². The van der Waals surface area contributed by atoms with Gasteiger partial charge in [-0.1, -0.05) is 29.8 Å². The summed E-state index contributed by atoms with van der Waals surface area (Å²) >= 11 is 5.87. The van der Waals surface area contributed by atoms with E-state index in [2.05, 4.69) is 10.3 Å². The first-order valence-corrected chi connectivity index (χ1v) is 6.98. The quantitative estimate of drug-likeness (QED) is 0.790. The van der Waals surface area contributed by atoms with Gasteiger partial charge in [0.15, 0.2) is 11.5 Å². The number of carbonyl (C=O) groups is 1. The highest BCUT2D eigenvalue weighted by molar-refractivity contribution is 6.30. The van der Waals surface area contributed by atoms with Gasteiger partial charge in [0, 0.05) is 23.6 Å². The van der Waals surface area contributed by atoms with E-state index < -0.39 is 0 Å². The Morgan fingerprint density at radius 2 is 2.05 bits per heavy atom. The van der Waals surface area contributed by atoms with E-state index in [1.54, 1.807) is 24.3 Å². The maximum atomic E-state index is 11.9. The predicted octanol–water partition coefficient (Wildman–Crippen LogP) is 4.05. The monoisotopic (exact) mass is 300 g/mol. The van der Waals surface area contributed by atoms with Crippen molar-refractivity contribution in [2.75, 3.05) is 5.32 Å². The lowest BCUT2D eigenvalue weighted by molar-refractivity contribution is -0.116. The molecule has 2 aromatic carbocycles. The molecular formula is C16H13ClN2O2. The lowest BCUT2D eigenvalue weighted by atomic mass is 10.2. The summed E-state index contributed by atoms with van der Waals surface area (Å²) in [7, 11) is 0. The second-order valence-electron chi connectivity index (χ2n) is 4.63. The molecular weight excluding hydrogens is 288 g/mol. The van der Waals surface area contributed by atoms with Crippen molar-refractivity contribution >= 4 is 34.3 Å². The van der Waals surface area contributed by atoms with E-state index in [9.17, 15) is 4.79 Å². The molecule has 1 heterocycles. The summed E-state index contributed by atoms with van der Waals surface area (Å²) < 4.78 is 5.58. The van der Waals surface area contributed by atoms with Crippen molar-refractivity contribution in [3.05, 3.63) is 59.4 Å². The van der Waals surface area contributed by atoms with Gasteiger partial charge in [-0.05, 0) is 30.3 Å². The highest BCUT2D eigenvalue weighted by atomic mass is 35.5. The van der Waals surface area contributed by atoms with Gasteiger partial charge in [0.2, 0.25) is 5.91 Å². The number of halogens is 1. The van der Waals surface area contributed by atoms with Crippen LogP contribution < -0.4 is 5.32 Å². The Labute approximate surface area is 126 Å². The van der Waals surface area contributed by atoms with Gasteiger partial charge in [0.1, 0.15) is 5.52 Å². The SMILES string of the molecule is O=C(CCc1nc2ccccc2o1)Nc1cccc(Cl)c1. The highest BCUT2D eigenvalue weighted by Gasteiger charge is 2.08. The zero-order valence-electron chi connectivity index (χ0n) is 11.2. The molecule has 0 aliphatic carbocycles. The summed E-state index contributed by atoms with van der Waals surface area (Å²) in [6.07, 6.45) is 0.764. The van der Waals surface area contributed by atoms with E-state index in [4.69, 9.17) is 16.0 Å². The van der Waals surface area contributed by atoms with Crippen molar-refractivity contribution in [3.63, 3.8) is 0 Å². The van der Waals surface area contributed by atoms with E-state index in [0.717, 1.165) is 11.1 Å². The van der Waals surface area contributed by atoms with Crippen molar-refractivity contribution in [2.45, 2.75) is 12.8 Å². The van der Waals surface area contributed by atoms with Crippen LogP contribution in [-0.4, -0.2) is 10.9 Å². The number of nitrogens with zero attached hydrogens (tertiary/aromatic N) is 1. The number of hydrogen-bond donors (Lipinski definition) is 1. The molecule has 21 heavy (non-hydrogen) atoms. The van der Waals surface area contributed by atoms with E-state index in [-0.39, 0.29) is 5.91 Å². The van der Waals surface area contributed by atoms with Crippen LogP contribution in [0.1, 0.15) is 12.3 Å². The van der Waals surface area contributed by atoms with Gasteiger partial charge in [-0.15, -0.1) is 0 Å². The van der Waals surface area contributed by atoms with Gasteiger partial charge in [-0.25, -0.2) is 4.98 Å². The number of rotatable bonds is 4. The van der Waals surface area contributed by atoms with Crippen LogP contribution in [0.15, 0.2) is 52.9 Å². The lowest BCUT2D eigenvalue weighted by Crippen LogP contribution is -2.12. The molecule has 3 rings (SSSR count). The van der Waals surface area contributed by atoms with E-state index in [0.29, 0.717) is 29.4 Å². The summed E-state index contributed by atoms with van der Waals surface area (Å²) in [5.74, 6) is 0.469. The topological polar surface area (TPSA) is 55.1 Å². The standard InChI is InChI=1S/C16H13ClN2O2/c17-11-4-3-5-12(10-11)18-15(20)8-9-16-19-13-6-1-2-7-14(13)21-16/h1-7,10H,8-9H2,(H,18,20). The Balaban J connectivity index is 1.60. The van der Waals surface area contributed by atoms with Crippen molar-refractivity contribution < 1.29 is 9.21 Å². The molecule has 5 heteroatoms. The van der Waals surface area contributed by atoms with Crippen LogP contribution in [0.4, 0.5) is 5.69 Å². The summed E-state index contributed by atoms with van der Waals surface area (Å²) in [5.41, 5.74) is 2.23. The molecule has 0 fully saturated rings. The number of oxazole rings is 1. The Bertz CT molecular complexity index is 750. The van der Waals surface area contributed by atoms with Gasteiger partial charge >= 0.3 is 0 Å². The molecule has 4 nitrogen and oxygen atoms in total. The number of carbonyl (C=O) groups excluding carboxylic acids is 1. The molecule has 0 aliphatic heterocycles. The summed E-state index contributed by atoms with van der Waals surface area (Å²) in [4.78, 5) is 16.2. The third-order valence-corrected chi connectivity index (χ3v) is 3.25. The van der Waals surface area contributed by atoms with Crippen molar-refractivity contribution in [3.8, 4) is 0 Å². The average Bonchev–Trinajstić information content (AvgIpc) is 2.88. The van der Waals surface area contributed by atoms with Crippen LogP contribution in [-0.2, 0) is 11.2 Å². The van der Waals surface area contributed by atoms with Crippen molar-refractivity contribution in [2.24, 2.45) is 0 Å². The largest absolute Gasteiger partial charge is 0.441 e. The first kappa shape index (κ1) is 13.6. The third kappa shape index (κ3) is 3.41. The number of aromatic nitrogens is 1. The molecule has 0 radical (unpaired) electrons. The van der Waals surface area contributed by atoms with Gasteiger partial charge in [-0.2, -0.15) is 0 Å².